The molecular weight excluding hydrogens is 210 g/mol. The maximum absolute atomic E-state index is 11.7. The fourth-order valence-corrected chi connectivity index (χ4v) is 2.14. The topological polar surface area (TPSA) is 80.4 Å². The van der Waals surface area contributed by atoms with Gasteiger partial charge in [0, 0.05) is 12.0 Å². The molecule has 5 nitrogen and oxygen atoms in total. The number of carbonyl (C=O) groups excluding carboxylic acids is 1. The van der Waals surface area contributed by atoms with E-state index in [1.54, 1.807) is 0 Å². The highest BCUT2D eigenvalue weighted by Gasteiger charge is 2.40. The van der Waals surface area contributed by atoms with E-state index in [1.165, 1.54) is 13.8 Å². The number of ketones is 1. The number of hydrogen-bond donors (Lipinski definition) is 1. The first kappa shape index (κ1) is 12.8. The lowest BCUT2D eigenvalue weighted by Gasteiger charge is -2.34. The largest absolute Gasteiger partial charge is 0.385 e. The minimum atomic E-state index is -1.40. The zero-order valence-electron chi connectivity index (χ0n) is 9.60. The Bertz CT molecular complexity index is 333. The molecule has 2 atom stereocenters. The molecule has 1 saturated carbocycles. The molecule has 0 aliphatic heterocycles. The van der Waals surface area contributed by atoms with Crippen molar-refractivity contribution in [3.05, 3.63) is 21.9 Å². The molecule has 1 N–H and O–H groups in total. The number of hydrogen-bond acceptors (Lipinski definition) is 4. The second-order valence-electron chi connectivity index (χ2n) is 4.51. The summed E-state index contributed by atoms with van der Waals surface area (Å²) in [7, 11) is 0. The molecule has 5 heteroatoms. The van der Waals surface area contributed by atoms with E-state index in [2.05, 4.69) is 0 Å². The van der Waals surface area contributed by atoms with Crippen molar-refractivity contribution in [2.75, 3.05) is 0 Å². The summed E-state index contributed by atoms with van der Waals surface area (Å²) in [6.07, 6.45) is 3.59. The van der Waals surface area contributed by atoms with Gasteiger partial charge in [0.05, 0.1) is 16.4 Å². The third-order valence-corrected chi connectivity index (χ3v) is 3.33. The predicted octanol–water partition coefficient (Wildman–Crippen LogP) is 1.68. The highest BCUT2D eigenvalue weighted by molar-refractivity contribution is 5.83. The molecule has 2 unspecified atom stereocenters. The van der Waals surface area contributed by atoms with Crippen LogP contribution >= 0.6 is 0 Å². The van der Waals surface area contributed by atoms with Crippen molar-refractivity contribution in [2.24, 2.45) is 5.92 Å². The summed E-state index contributed by atoms with van der Waals surface area (Å²) in [5, 5.41) is 20.6. The number of rotatable bonds is 3. The second-order valence-corrected chi connectivity index (χ2v) is 4.51. The van der Waals surface area contributed by atoms with Gasteiger partial charge in [-0.3, -0.25) is 14.9 Å². The van der Waals surface area contributed by atoms with Crippen molar-refractivity contribution < 1.29 is 14.8 Å². The smallest absolute Gasteiger partial charge is 0.236 e. The second kappa shape index (κ2) is 4.74. The lowest BCUT2D eigenvalue weighted by molar-refractivity contribution is -0.404. The first-order chi connectivity index (χ1) is 7.35. The Hall–Kier alpha value is -1.23. The third-order valence-electron chi connectivity index (χ3n) is 3.33. The molecule has 1 fully saturated rings. The summed E-state index contributed by atoms with van der Waals surface area (Å²) in [5.41, 5.74) is -1.16. The van der Waals surface area contributed by atoms with Crippen molar-refractivity contribution in [3.63, 3.8) is 0 Å². The summed E-state index contributed by atoms with van der Waals surface area (Å²) in [4.78, 5) is 21.4. The van der Waals surface area contributed by atoms with Gasteiger partial charge >= 0.3 is 0 Å². The zero-order chi connectivity index (χ0) is 12.3. The minimum Gasteiger partial charge on any atom is -0.385 e. The highest BCUT2D eigenvalue weighted by Crippen LogP contribution is 2.34. The molecule has 0 heterocycles. The highest BCUT2D eigenvalue weighted by atomic mass is 16.6. The molecule has 90 valence electrons. The normalized spacial score (nSPS) is 26.3. The van der Waals surface area contributed by atoms with Crippen molar-refractivity contribution >= 4 is 5.78 Å². The summed E-state index contributed by atoms with van der Waals surface area (Å²) >= 11 is 0. The van der Waals surface area contributed by atoms with E-state index in [1.807, 2.05) is 0 Å². The van der Waals surface area contributed by atoms with Crippen molar-refractivity contribution in [2.45, 2.75) is 45.1 Å². The van der Waals surface area contributed by atoms with Crippen LogP contribution in [0.2, 0.25) is 0 Å². The lowest BCUT2D eigenvalue weighted by Crippen LogP contribution is -2.42. The quantitative estimate of drug-likeness (QED) is 0.587. The molecule has 0 aromatic rings. The average molecular weight is 227 g/mol. The Kier molecular flexibility index (Phi) is 3.80. The van der Waals surface area contributed by atoms with Gasteiger partial charge in [-0.05, 0) is 26.7 Å². The van der Waals surface area contributed by atoms with Gasteiger partial charge in [-0.1, -0.05) is 6.42 Å². The molecule has 1 aliphatic rings. The Labute approximate surface area is 94.3 Å². The van der Waals surface area contributed by atoms with E-state index >= 15 is 0 Å². The van der Waals surface area contributed by atoms with E-state index in [0.717, 1.165) is 19.0 Å². The molecule has 0 aromatic carbocycles. The van der Waals surface area contributed by atoms with Gasteiger partial charge in [0.2, 0.25) is 6.20 Å². The standard InChI is InChI=1S/C11H17NO4/c1-8(7-12(15)16)11(2,14)9-5-3-4-6-10(9)13/h7,9,14H,3-6H2,1-2H3/b8-7+. The molecule has 0 spiro atoms. The van der Waals surface area contributed by atoms with Gasteiger partial charge in [0.15, 0.2) is 0 Å². The Balaban J connectivity index is 2.90. The fourth-order valence-electron chi connectivity index (χ4n) is 2.14. The predicted molar refractivity (Wildman–Crippen MR) is 58.3 cm³/mol. The van der Waals surface area contributed by atoms with E-state index in [9.17, 15) is 20.0 Å². The van der Waals surface area contributed by atoms with Gasteiger partial charge in [-0.15, -0.1) is 0 Å². The average Bonchev–Trinajstić information content (AvgIpc) is 2.16. The van der Waals surface area contributed by atoms with Gasteiger partial charge in [0.25, 0.3) is 0 Å². The lowest BCUT2D eigenvalue weighted by atomic mass is 9.74. The third kappa shape index (κ3) is 2.66. The molecule has 0 aromatic heterocycles. The molecule has 0 saturated heterocycles. The number of nitro groups is 1. The van der Waals surface area contributed by atoms with Crippen LogP contribution in [0.4, 0.5) is 0 Å². The van der Waals surface area contributed by atoms with Gasteiger partial charge in [0.1, 0.15) is 5.78 Å². The molecule has 16 heavy (non-hydrogen) atoms. The zero-order valence-corrected chi connectivity index (χ0v) is 9.60. The summed E-state index contributed by atoms with van der Waals surface area (Å²) in [5.74, 6) is -0.496. The van der Waals surface area contributed by atoms with E-state index < -0.39 is 16.4 Å². The number of Topliss-reactive ketones (excluding diaryl/α,β-unsaturated/α-hetero) is 1. The first-order valence-corrected chi connectivity index (χ1v) is 5.43. The van der Waals surface area contributed by atoms with Crippen LogP contribution < -0.4 is 0 Å². The maximum Gasteiger partial charge on any atom is 0.236 e. The molecule has 1 aliphatic carbocycles. The Morgan fingerprint density at radius 3 is 2.75 bits per heavy atom. The van der Waals surface area contributed by atoms with Crippen LogP contribution in [0.15, 0.2) is 11.8 Å². The number of aliphatic hydroxyl groups is 1. The molecule has 0 radical (unpaired) electrons. The molecular formula is C11H17NO4. The Morgan fingerprint density at radius 2 is 2.25 bits per heavy atom. The van der Waals surface area contributed by atoms with Crippen LogP contribution in [0.5, 0.6) is 0 Å². The van der Waals surface area contributed by atoms with Crippen LogP contribution in [0.25, 0.3) is 0 Å². The number of carbonyl (C=O) groups is 1. The molecule has 0 amide bonds. The van der Waals surface area contributed by atoms with Crippen molar-refractivity contribution in [3.8, 4) is 0 Å². The fraction of sp³-hybridized carbons (Fsp3) is 0.727. The van der Waals surface area contributed by atoms with Crippen LogP contribution in [-0.2, 0) is 4.79 Å². The van der Waals surface area contributed by atoms with E-state index in [0.29, 0.717) is 12.8 Å². The van der Waals surface area contributed by atoms with E-state index in [-0.39, 0.29) is 11.4 Å². The Morgan fingerprint density at radius 1 is 1.62 bits per heavy atom. The number of nitrogens with zero attached hydrogens (tertiary/aromatic N) is 1. The van der Waals surface area contributed by atoms with Gasteiger partial charge in [-0.25, -0.2) is 0 Å². The summed E-state index contributed by atoms with van der Waals surface area (Å²) in [6, 6.07) is 0. The monoisotopic (exact) mass is 227 g/mol. The SMILES string of the molecule is C/C(=C\[N+](=O)[O-])C(C)(O)C1CCCCC1=O. The van der Waals surface area contributed by atoms with Crippen molar-refractivity contribution in [1.29, 1.82) is 0 Å². The maximum atomic E-state index is 11.7. The van der Waals surface area contributed by atoms with Crippen LogP contribution in [0.3, 0.4) is 0 Å². The van der Waals surface area contributed by atoms with Crippen molar-refractivity contribution in [1.82, 2.24) is 0 Å². The summed E-state index contributed by atoms with van der Waals surface area (Å²) < 4.78 is 0. The van der Waals surface area contributed by atoms with Crippen LogP contribution in [0, 0.1) is 16.0 Å². The van der Waals surface area contributed by atoms with Gasteiger partial charge < -0.3 is 5.11 Å². The summed E-state index contributed by atoms with van der Waals surface area (Å²) in [6.45, 7) is 2.97. The van der Waals surface area contributed by atoms with Crippen LogP contribution in [0.1, 0.15) is 39.5 Å². The minimum absolute atomic E-state index is 0.00680. The van der Waals surface area contributed by atoms with E-state index in [4.69, 9.17) is 0 Å². The molecule has 0 bridgehead atoms. The molecule has 1 rings (SSSR count). The first-order valence-electron chi connectivity index (χ1n) is 5.43. The van der Waals surface area contributed by atoms with Gasteiger partial charge in [-0.2, -0.15) is 0 Å². The van der Waals surface area contributed by atoms with Crippen LogP contribution in [-0.4, -0.2) is 21.4 Å².